The van der Waals surface area contributed by atoms with Gasteiger partial charge in [0.2, 0.25) is 11.8 Å². The van der Waals surface area contributed by atoms with Crippen LogP contribution in [0.2, 0.25) is 0 Å². The maximum atomic E-state index is 13.5. The molecule has 3 amide bonds. The molecular formula is C26H41N3O8. The molecule has 1 saturated heterocycles. The molecule has 0 aromatic heterocycles. The van der Waals surface area contributed by atoms with Gasteiger partial charge in [0.1, 0.15) is 23.2 Å². The molecular weight excluding hydrogens is 482 g/mol. The van der Waals surface area contributed by atoms with Crippen LogP contribution in [0.1, 0.15) is 53.4 Å². The van der Waals surface area contributed by atoms with Crippen molar-refractivity contribution < 1.29 is 38.5 Å². The minimum atomic E-state index is -1.24. The van der Waals surface area contributed by atoms with Gasteiger partial charge in [-0.25, -0.2) is 9.59 Å². The predicted octanol–water partition coefficient (Wildman–Crippen LogP) is 1.45. The summed E-state index contributed by atoms with van der Waals surface area (Å²) in [5.41, 5.74) is -2.03. The molecule has 0 aromatic carbocycles. The van der Waals surface area contributed by atoms with Crippen LogP contribution in [0.5, 0.6) is 0 Å². The average molecular weight is 524 g/mol. The van der Waals surface area contributed by atoms with Gasteiger partial charge >= 0.3 is 12.1 Å². The highest BCUT2D eigenvalue weighted by Gasteiger charge is 2.62. The number of likely N-dealkylation sites (tertiary alicyclic amines) is 1. The number of allylic oxidation sites excluding steroid dienone is 1. The number of nitrogens with one attached hydrogen (secondary N) is 2. The van der Waals surface area contributed by atoms with E-state index in [0.29, 0.717) is 19.4 Å². The predicted molar refractivity (Wildman–Crippen MR) is 135 cm³/mol. The first-order chi connectivity index (χ1) is 17.4. The molecule has 0 unspecified atom stereocenters. The van der Waals surface area contributed by atoms with Gasteiger partial charge in [0, 0.05) is 25.5 Å². The number of amides is 3. The first kappa shape index (κ1) is 30.3. The third-order valence-electron chi connectivity index (χ3n) is 6.12. The Morgan fingerprint density at radius 3 is 2.51 bits per heavy atom. The monoisotopic (exact) mass is 523 g/mol. The Kier molecular flexibility index (Phi) is 10.7. The second kappa shape index (κ2) is 13.0. The smallest absolute Gasteiger partial charge is 0.408 e. The summed E-state index contributed by atoms with van der Waals surface area (Å²) in [6.07, 6.45) is 3.29. The third kappa shape index (κ3) is 8.29. The molecule has 5 atom stereocenters. The van der Waals surface area contributed by atoms with Gasteiger partial charge in [-0.15, -0.1) is 13.2 Å². The number of unbranched alkanes of at least 4 members (excludes halogenated alkanes) is 1. The van der Waals surface area contributed by atoms with Gasteiger partial charge in [0.05, 0.1) is 19.3 Å². The number of β-amino-alcohol motifs (C(OH)–C–C–N with tert-alkyl or cyclic N) is 1. The van der Waals surface area contributed by atoms with Crippen LogP contribution in [0.25, 0.3) is 0 Å². The van der Waals surface area contributed by atoms with Gasteiger partial charge in [-0.2, -0.15) is 0 Å². The van der Waals surface area contributed by atoms with E-state index in [1.54, 1.807) is 39.8 Å². The number of nitrogens with zero attached hydrogens (tertiary/aromatic N) is 1. The summed E-state index contributed by atoms with van der Waals surface area (Å²) in [6.45, 7) is 14.3. The first-order valence-electron chi connectivity index (χ1n) is 12.7. The fraction of sp³-hybridized carbons (Fsp3) is 0.692. The molecule has 0 spiro atoms. The molecule has 2 fully saturated rings. The van der Waals surface area contributed by atoms with Crippen LogP contribution in [0.4, 0.5) is 4.79 Å². The molecule has 0 bridgehead atoms. The number of rotatable bonds is 13. The summed E-state index contributed by atoms with van der Waals surface area (Å²) in [6, 6.07) is -2.20. The van der Waals surface area contributed by atoms with Crippen molar-refractivity contribution in [3.63, 3.8) is 0 Å². The molecule has 2 aliphatic rings. The summed E-state index contributed by atoms with van der Waals surface area (Å²) >= 11 is 0. The van der Waals surface area contributed by atoms with E-state index in [2.05, 4.69) is 23.8 Å². The Bertz CT molecular complexity index is 870. The summed E-state index contributed by atoms with van der Waals surface area (Å²) in [5.74, 6) is -2.06. The lowest BCUT2D eigenvalue weighted by atomic mass is 10.1. The van der Waals surface area contributed by atoms with Crippen LogP contribution in [0, 0.1) is 5.92 Å². The quantitative estimate of drug-likeness (QED) is 0.187. The minimum absolute atomic E-state index is 0.0193. The second-order valence-corrected chi connectivity index (χ2v) is 10.3. The van der Waals surface area contributed by atoms with E-state index in [1.807, 2.05) is 0 Å². The Morgan fingerprint density at radius 1 is 1.24 bits per heavy atom. The molecule has 1 aliphatic carbocycles. The van der Waals surface area contributed by atoms with Gasteiger partial charge in [-0.05, 0) is 47.0 Å². The molecule has 1 heterocycles. The molecule has 3 N–H and O–H groups in total. The highest BCUT2D eigenvalue weighted by atomic mass is 16.6. The van der Waals surface area contributed by atoms with Crippen molar-refractivity contribution in [3.05, 3.63) is 25.3 Å². The summed E-state index contributed by atoms with van der Waals surface area (Å²) in [7, 11) is 0. The van der Waals surface area contributed by atoms with Gasteiger partial charge in [-0.1, -0.05) is 12.2 Å². The van der Waals surface area contributed by atoms with Gasteiger partial charge < -0.3 is 34.9 Å². The molecule has 11 heteroatoms. The number of esters is 1. The highest BCUT2D eigenvalue weighted by Crippen LogP contribution is 2.45. The van der Waals surface area contributed by atoms with Gasteiger partial charge in [-0.3, -0.25) is 9.59 Å². The van der Waals surface area contributed by atoms with Gasteiger partial charge in [0.15, 0.2) is 0 Å². The normalized spacial score (nSPS) is 25.5. The van der Waals surface area contributed by atoms with Crippen molar-refractivity contribution >= 4 is 23.9 Å². The maximum Gasteiger partial charge on any atom is 0.408 e. The van der Waals surface area contributed by atoms with Crippen LogP contribution in [0.3, 0.4) is 0 Å². The molecule has 0 radical (unpaired) electrons. The maximum absolute atomic E-state index is 13.5. The van der Waals surface area contributed by atoms with Gasteiger partial charge in [0.25, 0.3) is 0 Å². The molecule has 1 saturated carbocycles. The van der Waals surface area contributed by atoms with Crippen molar-refractivity contribution in [2.24, 2.45) is 5.92 Å². The van der Waals surface area contributed by atoms with Crippen molar-refractivity contribution in [2.75, 3.05) is 26.4 Å². The lowest BCUT2D eigenvalue weighted by Crippen LogP contribution is -2.57. The molecule has 11 nitrogen and oxygen atoms in total. The third-order valence-corrected chi connectivity index (χ3v) is 6.12. The Hall–Kier alpha value is -2.92. The Morgan fingerprint density at radius 2 is 1.95 bits per heavy atom. The van der Waals surface area contributed by atoms with Crippen LogP contribution in [0.15, 0.2) is 25.3 Å². The molecule has 37 heavy (non-hydrogen) atoms. The van der Waals surface area contributed by atoms with E-state index in [4.69, 9.17) is 14.2 Å². The van der Waals surface area contributed by atoms with E-state index < -0.39 is 53.2 Å². The standard InChI is InChI=1S/C26H41N3O8/c1-7-10-11-12-35-16-19(27-24(34)37-25(4,5)6)22(32)29-15-18(30)13-20(29)21(31)28-26(14-17(26)8-2)23(33)36-9-3/h7-8,17-20,30H,1-2,9-16H2,3-6H3,(H,27,34)(H,28,31)/t17-,18-,19+,20+,26-/m1/s1. The minimum Gasteiger partial charge on any atom is -0.464 e. The lowest BCUT2D eigenvalue weighted by Gasteiger charge is -2.30. The highest BCUT2D eigenvalue weighted by molar-refractivity contribution is 5.96. The fourth-order valence-electron chi connectivity index (χ4n) is 4.23. The fourth-order valence-corrected chi connectivity index (χ4v) is 4.23. The zero-order valence-electron chi connectivity index (χ0n) is 22.3. The first-order valence-corrected chi connectivity index (χ1v) is 12.7. The number of hydrogen-bond donors (Lipinski definition) is 3. The zero-order chi connectivity index (χ0) is 27.8. The number of carbonyl (C=O) groups is 4. The van der Waals surface area contributed by atoms with Crippen LogP contribution >= 0.6 is 0 Å². The Balaban J connectivity index is 2.17. The van der Waals surface area contributed by atoms with Crippen LogP contribution in [-0.2, 0) is 28.6 Å². The molecule has 2 rings (SSSR count). The number of carbonyl (C=O) groups excluding carboxylic acids is 4. The second-order valence-electron chi connectivity index (χ2n) is 10.3. The largest absolute Gasteiger partial charge is 0.464 e. The lowest BCUT2D eigenvalue weighted by molar-refractivity contribution is -0.150. The zero-order valence-corrected chi connectivity index (χ0v) is 22.3. The summed E-state index contributed by atoms with van der Waals surface area (Å²) in [5, 5.41) is 15.6. The number of alkyl carbamates (subject to hydrolysis) is 1. The van der Waals surface area contributed by atoms with Crippen molar-refractivity contribution in [2.45, 2.75) is 82.7 Å². The number of ether oxygens (including phenoxy) is 3. The number of hydrogen-bond acceptors (Lipinski definition) is 8. The van der Waals surface area contributed by atoms with Crippen LogP contribution in [-0.4, -0.2) is 89.6 Å². The van der Waals surface area contributed by atoms with E-state index in [1.165, 1.54) is 4.90 Å². The Labute approximate surface area is 218 Å². The number of aliphatic hydroxyl groups is 1. The van der Waals surface area contributed by atoms with Crippen molar-refractivity contribution in [1.29, 1.82) is 0 Å². The van der Waals surface area contributed by atoms with E-state index in [0.717, 1.165) is 6.42 Å². The molecule has 208 valence electrons. The topological polar surface area (TPSA) is 143 Å². The van der Waals surface area contributed by atoms with E-state index >= 15 is 0 Å². The number of aliphatic hydroxyl groups excluding tert-OH is 1. The van der Waals surface area contributed by atoms with Crippen molar-refractivity contribution in [1.82, 2.24) is 15.5 Å². The average Bonchev–Trinajstić information content (AvgIpc) is 3.39. The van der Waals surface area contributed by atoms with E-state index in [9.17, 15) is 24.3 Å². The molecule has 1 aliphatic heterocycles. The van der Waals surface area contributed by atoms with Crippen LogP contribution < -0.4 is 10.6 Å². The SMILES string of the molecule is C=CCCCOC[C@H](NC(=O)OC(C)(C)C)C(=O)N1C[C@H](O)C[C@H]1C(=O)N[C@]1(C(=O)OCC)C[C@H]1C=C. The molecule has 0 aromatic rings. The van der Waals surface area contributed by atoms with Crippen molar-refractivity contribution in [3.8, 4) is 0 Å². The summed E-state index contributed by atoms with van der Waals surface area (Å²) in [4.78, 5) is 53.0. The summed E-state index contributed by atoms with van der Waals surface area (Å²) < 4.78 is 16.0. The van der Waals surface area contributed by atoms with E-state index in [-0.39, 0.29) is 32.1 Å².